The second-order valence-corrected chi connectivity index (χ2v) is 4.93. The number of aliphatic hydroxyl groups excluding tert-OH is 1. The lowest BCUT2D eigenvalue weighted by atomic mass is 10.1. The molecule has 0 radical (unpaired) electrons. The maximum Gasteiger partial charge on any atom is 0.0468 e. The van der Waals surface area contributed by atoms with Crippen LogP contribution in [0.1, 0.15) is 25.3 Å². The van der Waals surface area contributed by atoms with Crippen LogP contribution in [-0.2, 0) is 6.54 Å². The highest BCUT2D eigenvalue weighted by Gasteiger charge is 2.29. The Balaban J connectivity index is 1.92. The third kappa shape index (κ3) is 3.32. The Hall–Kier alpha value is -0.860. The van der Waals surface area contributed by atoms with Crippen LogP contribution in [0.4, 0.5) is 0 Å². The van der Waals surface area contributed by atoms with Gasteiger partial charge in [0, 0.05) is 25.7 Å². The molecular weight excluding hydrogens is 198 g/mol. The number of hydrogen-bond acceptors (Lipinski definition) is 2. The zero-order chi connectivity index (χ0) is 11.4. The first kappa shape index (κ1) is 11.6. The Morgan fingerprint density at radius 3 is 2.56 bits per heavy atom. The average molecular weight is 219 g/mol. The van der Waals surface area contributed by atoms with Gasteiger partial charge in [0.05, 0.1) is 0 Å². The molecular formula is C14H21NO. The molecule has 0 heterocycles. The molecule has 1 N–H and O–H groups in total. The monoisotopic (exact) mass is 219 g/mol. The minimum absolute atomic E-state index is 0.290. The van der Waals surface area contributed by atoms with Crippen LogP contribution in [-0.4, -0.2) is 29.2 Å². The smallest absolute Gasteiger partial charge is 0.0468 e. The molecule has 2 heteroatoms. The van der Waals surface area contributed by atoms with E-state index in [9.17, 15) is 0 Å². The molecule has 1 aliphatic rings. The minimum atomic E-state index is 0.290. The summed E-state index contributed by atoms with van der Waals surface area (Å²) >= 11 is 0. The van der Waals surface area contributed by atoms with E-state index >= 15 is 0 Å². The number of nitrogens with zero attached hydrogens (tertiary/aromatic N) is 1. The molecule has 0 saturated heterocycles. The molecule has 0 bridgehead atoms. The van der Waals surface area contributed by atoms with Crippen LogP contribution in [0.3, 0.4) is 0 Å². The molecule has 1 aromatic carbocycles. The average Bonchev–Trinajstić information content (AvgIpc) is 3.13. The van der Waals surface area contributed by atoms with E-state index in [-0.39, 0.29) is 6.61 Å². The van der Waals surface area contributed by atoms with E-state index < -0.39 is 0 Å². The van der Waals surface area contributed by atoms with Crippen LogP contribution in [0.2, 0.25) is 0 Å². The van der Waals surface area contributed by atoms with Gasteiger partial charge in [-0.3, -0.25) is 4.90 Å². The van der Waals surface area contributed by atoms with Gasteiger partial charge in [0.25, 0.3) is 0 Å². The van der Waals surface area contributed by atoms with Gasteiger partial charge in [0.15, 0.2) is 0 Å². The molecule has 0 aliphatic heterocycles. The predicted molar refractivity (Wildman–Crippen MR) is 66.1 cm³/mol. The maximum atomic E-state index is 9.13. The lowest BCUT2D eigenvalue weighted by Crippen LogP contribution is -2.31. The van der Waals surface area contributed by atoms with Crippen LogP contribution in [0.15, 0.2) is 30.3 Å². The molecule has 0 aromatic heterocycles. The molecule has 16 heavy (non-hydrogen) atoms. The summed E-state index contributed by atoms with van der Waals surface area (Å²) in [6.07, 6.45) is 2.65. The first-order valence-electron chi connectivity index (χ1n) is 6.18. The minimum Gasteiger partial charge on any atom is -0.396 e. The van der Waals surface area contributed by atoms with Crippen molar-refractivity contribution in [1.82, 2.24) is 4.90 Å². The Kier molecular flexibility index (Phi) is 3.97. The van der Waals surface area contributed by atoms with Gasteiger partial charge in [-0.15, -0.1) is 0 Å². The van der Waals surface area contributed by atoms with E-state index in [2.05, 4.69) is 42.2 Å². The topological polar surface area (TPSA) is 23.5 Å². The van der Waals surface area contributed by atoms with Gasteiger partial charge in [0.2, 0.25) is 0 Å². The summed E-state index contributed by atoms with van der Waals surface area (Å²) in [6, 6.07) is 11.4. The van der Waals surface area contributed by atoms with Crippen LogP contribution in [0.5, 0.6) is 0 Å². The number of hydrogen-bond donors (Lipinski definition) is 1. The Morgan fingerprint density at radius 2 is 2.00 bits per heavy atom. The molecule has 1 fully saturated rings. The quantitative estimate of drug-likeness (QED) is 0.793. The molecule has 1 atom stereocenters. The van der Waals surface area contributed by atoms with Gasteiger partial charge in [-0.1, -0.05) is 37.3 Å². The van der Waals surface area contributed by atoms with E-state index in [0.717, 1.165) is 19.1 Å². The van der Waals surface area contributed by atoms with Gasteiger partial charge in [0.1, 0.15) is 0 Å². The molecule has 0 spiro atoms. The van der Waals surface area contributed by atoms with Crippen molar-refractivity contribution >= 4 is 0 Å². The summed E-state index contributed by atoms with van der Waals surface area (Å²) in [4.78, 5) is 2.51. The highest BCUT2D eigenvalue weighted by molar-refractivity contribution is 5.14. The second kappa shape index (κ2) is 5.46. The fourth-order valence-corrected chi connectivity index (χ4v) is 2.06. The molecule has 1 unspecified atom stereocenters. The SMILES string of the molecule is CC(CO)CN(Cc1ccccc1)C1CC1. The van der Waals surface area contributed by atoms with Gasteiger partial charge < -0.3 is 5.11 Å². The largest absolute Gasteiger partial charge is 0.396 e. The lowest BCUT2D eigenvalue weighted by Gasteiger charge is -2.24. The van der Waals surface area contributed by atoms with Crippen LogP contribution < -0.4 is 0 Å². The third-order valence-corrected chi connectivity index (χ3v) is 3.15. The fraction of sp³-hybridized carbons (Fsp3) is 0.571. The van der Waals surface area contributed by atoms with Crippen molar-refractivity contribution in [2.24, 2.45) is 5.92 Å². The lowest BCUT2D eigenvalue weighted by molar-refractivity contribution is 0.163. The standard InChI is InChI=1S/C14H21NO/c1-12(11-16)9-15(14-7-8-14)10-13-5-3-2-4-6-13/h2-6,12,14,16H,7-11H2,1H3. The summed E-state index contributed by atoms with van der Waals surface area (Å²) in [6.45, 7) is 4.43. The van der Waals surface area contributed by atoms with Crippen molar-refractivity contribution in [3.8, 4) is 0 Å². The summed E-state index contributed by atoms with van der Waals surface area (Å²) in [5, 5.41) is 9.13. The molecule has 1 saturated carbocycles. The Labute approximate surface area is 97.9 Å². The number of aliphatic hydroxyl groups is 1. The van der Waals surface area contributed by atoms with E-state index in [1.54, 1.807) is 0 Å². The van der Waals surface area contributed by atoms with Crippen molar-refractivity contribution in [1.29, 1.82) is 0 Å². The van der Waals surface area contributed by atoms with Gasteiger partial charge in [-0.05, 0) is 24.3 Å². The molecule has 0 amide bonds. The zero-order valence-corrected chi connectivity index (χ0v) is 9.97. The van der Waals surface area contributed by atoms with Crippen molar-refractivity contribution < 1.29 is 5.11 Å². The number of rotatable bonds is 6. The van der Waals surface area contributed by atoms with Gasteiger partial charge >= 0.3 is 0 Å². The van der Waals surface area contributed by atoms with Crippen LogP contribution >= 0.6 is 0 Å². The van der Waals surface area contributed by atoms with E-state index in [1.165, 1.54) is 18.4 Å². The van der Waals surface area contributed by atoms with E-state index in [4.69, 9.17) is 5.11 Å². The van der Waals surface area contributed by atoms with Crippen molar-refractivity contribution in [3.05, 3.63) is 35.9 Å². The Bertz CT molecular complexity index is 308. The molecule has 1 aliphatic carbocycles. The van der Waals surface area contributed by atoms with E-state index in [1.807, 2.05) is 0 Å². The molecule has 2 nitrogen and oxygen atoms in total. The van der Waals surface area contributed by atoms with E-state index in [0.29, 0.717) is 5.92 Å². The normalized spacial score (nSPS) is 17.7. The third-order valence-electron chi connectivity index (χ3n) is 3.15. The first-order valence-corrected chi connectivity index (χ1v) is 6.18. The van der Waals surface area contributed by atoms with Crippen LogP contribution in [0, 0.1) is 5.92 Å². The summed E-state index contributed by atoms with van der Waals surface area (Å²) in [5.74, 6) is 0.379. The summed E-state index contributed by atoms with van der Waals surface area (Å²) < 4.78 is 0. The predicted octanol–water partition coefficient (Wildman–Crippen LogP) is 2.28. The van der Waals surface area contributed by atoms with Gasteiger partial charge in [-0.2, -0.15) is 0 Å². The summed E-state index contributed by atoms with van der Waals surface area (Å²) in [5.41, 5.74) is 1.37. The zero-order valence-electron chi connectivity index (χ0n) is 9.97. The maximum absolute atomic E-state index is 9.13. The highest BCUT2D eigenvalue weighted by Crippen LogP contribution is 2.28. The van der Waals surface area contributed by atoms with Crippen molar-refractivity contribution in [2.75, 3.05) is 13.2 Å². The molecule has 88 valence electrons. The second-order valence-electron chi connectivity index (χ2n) is 4.93. The Morgan fingerprint density at radius 1 is 1.31 bits per heavy atom. The highest BCUT2D eigenvalue weighted by atomic mass is 16.3. The van der Waals surface area contributed by atoms with Crippen molar-refractivity contribution in [2.45, 2.75) is 32.4 Å². The van der Waals surface area contributed by atoms with Crippen molar-refractivity contribution in [3.63, 3.8) is 0 Å². The fourth-order valence-electron chi connectivity index (χ4n) is 2.06. The number of benzene rings is 1. The van der Waals surface area contributed by atoms with Gasteiger partial charge in [-0.25, -0.2) is 0 Å². The van der Waals surface area contributed by atoms with Crippen LogP contribution in [0.25, 0.3) is 0 Å². The molecule has 2 rings (SSSR count). The molecule has 1 aromatic rings. The first-order chi connectivity index (χ1) is 7.79. The summed E-state index contributed by atoms with van der Waals surface area (Å²) in [7, 11) is 0.